The number of carboxylic acids is 1. The van der Waals surface area contributed by atoms with Crippen molar-refractivity contribution in [3.63, 3.8) is 0 Å². The molecule has 6 fully saturated rings. The molecule has 0 radical (unpaired) electrons. The molecule has 7 nitrogen and oxygen atoms in total. The Kier molecular flexibility index (Phi) is 9.32. The zero-order valence-electron chi connectivity index (χ0n) is 25.9. The van der Waals surface area contributed by atoms with Crippen LogP contribution in [0.2, 0.25) is 0 Å². The number of fused-ring (bicyclic) bond motifs is 6. The maximum Gasteiger partial charge on any atom is 0.303 e. The standard InChI is InChI=1S/C24H40O5.C10H17NO/c1-13(4-7-21(28)29)16-5-6-17-22-18(12-20(27)24(16,17)3)23(2)9-8-15(25)10-14(23)11-19(22)26;1-7-6-10(12)8-4-2-3-5-9(8)11-7/h13-20,22,25-27H,4-12H2,1-3H3,(H,28,29);7-9,11H,2-6H2,1H3/t13-,14?,15-,16-,17?,18?,19-,20+,22?,23+,24-;7-,8?,9?/m10/s1. The summed E-state index contributed by atoms with van der Waals surface area (Å²) < 4.78 is 0. The summed E-state index contributed by atoms with van der Waals surface area (Å²) in [5.41, 5.74) is -0.143. The molecule has 0 aromatic heterocycles. The Labute approximate surface area is 247 Å². The molecule has 0 bridgehead atoms. The van der Waals surface area contributed by atoms with Crippen LogP contribution in [0.3, 0.4) is 0 Å². The molecule has 1 saturated heterocycles. The minimum atomic E-state index is -0.748. The van der Waals surface area contributed by atoms with Gasteiger partial charge in [-0.3, -0.25) is 9.59 Å². The molecule has 6 rings (SSSR count). The first kappa shape index (κ1) is 31.4. The first-order chi connectivity index (χ1) is 19.4. The number of carbonyl (C=O) groups excluding carboxylic acids is 1. The predicted molar refractivity (Wildman–Crippen MR) is 158 cm³/mol. The molecular formula is C34H57NO6. The molecule has 5 aliphatic carbocycles. The summed E-state index contributed by atoms with van der Waals surface area (Å²) in [6, 6.07) is 0.923. The maximum atomic E-state index is 11.6. The first-order valence-corrected chi connectivity index (χ1v) is 16.9. The van der Waals surface area contributed by atoms with Crippen molar-refractivity contribution in [1.29, 1.82) is 0 Å². The van der Waals surface area contributed by atoms with Crippen LogP contribution >= 0.6 is 0 Å². The fourth-order valence-electron chi connectivity index (χ4n) is 11.3. The van der Waals surface area contributed by atoms with Crippen molar-refractivity contribution in [1.82, 2.24) is 5.32 Å². The fraction of sp³-hybridized carbons (Fsp3) is 0.941. The number of hydrogen-bond acceptors (Lipinski definition) is 6. The number of rotatable bonds is 4. The van der Waals surface area contributed by atoms with Gasteiger partial charge in [0.1, 0.15) is 5.78 Å². The lowest BCUT2D eigenvalue weighted by Gasteiger charge is -2.63. The second-order valence-electron chi connectivity index (χ2n) is 15.7. The third kappa shape index (κ3) is 5.79. The molecule has 0 amide bonds. The summed E-state index contributed by atoms with van der Waals surface area (Å²) in [6.45, 7) is 8.84. The van der Waals surface area contributed by atoms with Crippen molar-refractivity contribution in [2.75, 3.05) is 0 Å². The van der Waals surface area contributed by atoms with Crippen LogP contribution < -0.4 is 5.32 Å². The molecular weight excluding hydrogens is 518 g/mol. The highest BCUT2D eigenvalue weighted by molar-refractivity contribution is 5.83. The highest BCUT2D eigenvalue weighted by Gasteiger charge is 2.65. The van der Waals surface area contributed by atoms with E-state index in [1.807, 2.05) is 0 Å². The Morgan fingerprint density at radius 1 is 1.00 bits per heavy atom. The molecule has 14 atom stereocenters. The van der Waals surface area contributed by atoms with Crippen LogP contribution in [0.1, 0.15) is 118 Å². The molecule has 1 aliphatic heterocycles. The SMILES string of the molecule is C[C@H](CCC(=O)O)[C@H]1CCC2C3C(C[C@H](O)[C@@]21C)[C@@]1(C)CC[C@@H](O)CC1C[C@H]3O.C[C@H]1CC(=O)C2CCCCC2N1. The molecule has 0 spiro atoms. The highest BCUT2D eigenvalue weighted by atomic mass is 16.4. The van der Waals surface area contributed by atoms with Crippen molar-refractivity contribution in [2.24, 2.45) is 52.3 Å². The third-order valence-electron chi connectivity index (χ3n) is 13.5. The van der Waals surface area contributed by atoms with E-state index in [1.165, 1.54) is 19.3 Å². The van der Waals surface area contributed by atoms with Crippen LogP contribution in [0.25, 0.3) is 0 Å². The van der Waals surface area contributed by atoms with Crippen LogP contribution in [0.5, 0.6) is 0 Å². The summed E-state index contributed by atoms with van der Waals surface area (Å²) in [7, 11) is 0. The molecule has 0 aromatic carbocycles. The van der Waals surface area contributed by atoms with Crippen LogP contribution in [-0.4, -0.2) is 62.6 Å². The number of piperidine rings is 1. The average molecular weight is 576 g/mol. The van der Waals surface area contributed by atoms with E-state index in [2.05, 4.69) is 33.0 Å². The lowest BCUT2D eigenvalue weighted by Crippen LogP contribution is -2.62. The van der Waals surface area contributed by atoms with Gasteiger partial charge in [0.05, 0.1) is 18.3 Å². The number of aliphatic hydroxyl groups is 3. The fourth-order valence-corrected chi connectivity index (χ4v) is 11.3. The van der Waals surface area contributed by atoms with Gasteiger partial charge >= 0.3 is 5.97 Å². The van der Waals surface area contributed by atoms with E-state index in [4.69, 9.17) is 5.11 Å². The summed E-state index contributed by atoms with van der Waals surface area (Å²) in [5, 5.41) is 45.5. The number of nitrogens with one attached hydrogen (secondary N) is 1. The summed E-state index contributed by atoms with van der Waals surface area (Å²) in [6.07, 6.45) is 11.6. The Morgan fingerprint density at radius 3 is 2.46 bits per heavy atom. The van der Waals surface area contributed by atoms with Gasteiger partial charge in [0.2, 0.25) is 0 Å². The number of carboxylic acid groups (broad SMARTS) is 1. The van der Waals surface area contributed by atoms with Crippen molar-refractivity contribution in [3.8, 4) is 0 Å². The molecule has 0 aromatic rings. The Morgan fingerprint density at radius 2 is 1.73 bits per heavy atom. The molecule has 1 heterocycles. The van der Waals surface area contributed by atoms with E-state index in [0.29, 0.717) is 53.9 Å². The van der Waals surface area contributed by atoms with Gasteiger partial charge in [-0.25, -0.2) is 0 Å². The molecule has 6 aliphatic rings. The van der Waals surface area contributed by atoms with Crippen LogP contribution in [0.15, 0.2) is 0 Å². The number of Topliss-reactive ketones (excluding diaryl/α,β-unsaturated/α-hetero) is 1. The number of ketones is 1. The van der Waals surface area contributed by atoms with Gasteiger partial charge in [-0.1, -0.05) is 33.6 Å². The lowest BCUT2D eigenvalue weighted by atomic mass is 9.43. The molecule has 6 unspecified atom stereocenters. The van der Waals surface area contributed by atoms with E-state index >= 15 is 0 Å². The summed E-state index contributed by atoms with van der Waals surface area (Å²) >= 11 is 0. The highest BCUT2D eigenvalue weighted by Crippen LogP contribution is 2.68. The van der Waals surface area contributed by atoms with Gasteiger partial charge in [-0.15, -0.1) is 0 Å². The predicted octanol–water partition coefficient (Wildman–Crippen LogP) is 4.94. The van der Waals surface area contributed by atoms with Crippen molar-refractivity contribution >= 4 is 11.8 Å². The average Bonchev–Trinajstić information content (AvgIpc) is 3.27. The largest absolute Gasteiger partial charge is 0.481 e. The lowest BCUT2D eigenvalue weighted by molar-refractivity contribution is -0.207. The first-order valence-electron chi connectivity index (χ1n) is 16.9. The molecule has 41 heavy (non-hydrogen) atoms. The van der Waals surface area contributed by atoms with Gasteiger partial charge < -0.3 is 25.7 Å². The molecule has 5 N–H and O–H groups in total. The Balaban J connectivity index is 0.000000234. The number of hydrogen-bond donors (Lipinski definition) is 5. The van der Waals surface area contributed by atoms with Crippen molar-refractivity contribution in [3.05, 3.63) is 0 Å². The van der Waals surface area contributed by atoms with E-state index < -0.39 is 12.1 Å². The Hall–Kier alpha value is -1.02. The Bertz CT molecular complexity index is 957. The zero-order valence-corrected chi connectivity index (χ0v) is 25.9. The molecule has 7 heteroatoms. The van der Waals surface area contributed by atoms with Crippen LogP contribution in [-0.2, 0) is 9.59 Å². The third-order valence-corrected chi connectivity index (χ3v) is 13.5. The molecule has 5 saturated carbocycles. The quantitative estimate of drug-likeness (QED) is 0.321. The number of aliphatic carboxylic acids is 1. The van der Waals surface area contributed by atoms with E-state index in [9.17, 15) is 24.9 Å². The minimum Gasteiger partial charge on any atom is -0.481 e. The summed E-state index contributed by atoms with van der Waals surface area (Å²) in [4.78, 5) is 22.7. The smallest absolute Gasteiger partial charge is 0.303 e. The van der Waals surface area contributed by atoms with Crippen molar-refractivity contribution in [2.45, 2.75) is 148 Å². The van der Waals surface area contributed by atoms with Crippen LogP contribution in [0.4, 0.5) is 0 Å². The second-order valence-corrected chi connectivity index (χ2v) is 15.7. The number of aliphatic hydroxyl groups excluding tert-OH is 3. The van der Waals surface area contributed by atoms with Gasteiger partial charge in [0.25, 0.3) is 0 Å². The van der Waals surface area contributed by atoms with Gasteiger partial charge in [-0.05, 0) is 117 Å². The minimum absolute atomic E-state index is 0.0957. The van der Waals surface area contributed by atoms with E-state index in [0.717, 1.165) is 57.8 Å². The maximum absolute atomic E-state index is 11.6. The number of carbonyl (C=O) groups is 2. The topological polar surface area (TPSA) is 127 Å². The summed E-state index contributed by atoms with van der Waals surface area (Å²) in [5.74, 6) is 1.86. The normalized spacial score (nSPS) is 49.8. The van der Waals surface area contributed by atoms with Gasteiger partial charge in [0.15, 0.2) is 0 Å². The van der Waals surface area contributed by atoms with E-state index in [1.54, 1.807) is 0 Å². The van der Waals surface area contributed by atoms with Gasteiger partial charge in [0, 0.05) is 30.8 Å². The van der Waals surface area contributed by atoms with Crippen LogP contribution in [0, 0.1) is 52.3 Å². The van der Waals surface area contributed by atoms with E-state index in [-0.39, 0.29) is 41.3 Å². The van der Waals surface area contributed by atoms with Crippen molar-refractivity contribution < 1.29 is 30.0 Å². The van der Waals surface area contributed by atoms with Gasteiger partial charge in [-0.2, -0.15) is 0 Å². The monoisotopic (exact) mass is 575 g/mol. The zero-order chi connectivity index (χ0) is 29.7. The molecule has 234 valence electrons. The second kappa shape index (κ2) is 12.2.